The van der Waals surface area contributed by atoms with Crippen LogP contribution >= 0.6 is 7.82 Å². The van der Waals surface area contributed by atoms with E-state index in [1.807, 2.05) is 0 Å². The van der Waals surface area contributed by atoms with Crippen LogP contribution in [0, 0.1) is 0 Å². The van der Waals surface area contributed by atoms with Gasteiger partial charge in [-0.05, 0) is 70.6 Å². The summed E-state index contributed by atoms with van der Waals surface area (Å²) in [6, 6.07) is -1.56. The van der Waals surface area contributed by atoms with Crippen LogP contribution in [-0.4, -0.2) is 64.9 Å². The van der Waals surface area contributed by atoms with Crippen molar-refractivity contribution >= 4 is 25.7 Å². The Bertz CT molecular complexity index is 1090. The summed E-state index contributed by atoms with van der Waals surface area (Å²) in [4.78, 5) is 45.8. The van der Waals surface area contributed by atoms with E-state index in [0.29, 0.717) is 12.8 Å². The summed E-state index contributed by atoms with van der Waals surface area (Å²) >= 11 is 0. The molecule has 3 atom stereocenters. The average molecular weight is 770 g/mol. The van der Waals surface area contributed by atoms with Gasteiger partial charge in [-0.15, -0.1) is 0 Å². The average Bonchev–Trinajstić information content (AvgIpc) is 3.13. The highest BCUT2D eigenvalue weighted by Gasteiger charge is 2.28. The summed E-state index contributed by atoms with van der Waals surface area (Å²) in [5.41, 5.74) is 0. The maximum atomic E-state index is 12.3. The largest absolute Gasteiger partial charge is 0.480 e. The Hall–Kier alpha value is -2.56. The topological polar surface area (TPSA) is 169 Å². The standard InChI is InChI=1S/C41H72NO10P/c1-3-5-7-9-11-13-15-17-19-20-22-24-26-28-30-32-39(44)42-38(41(46)47)36-52-53(48,49)51-35-37(43)34-50-40(45)33-31-29-27-25-23-21-18-16-14-12-10-8-6-4-2/h5,7,11,13,16-19,37-38,43H,3-4,6,8-10,12,14-15,20-36H2,1-2H3,(H,42,44)(H,46,47)(H,48,49)/b7-5-,13-11-,18-16-,19-17-. The van der Waals surface area contributed by atoms with Crippen LogP contribution in [0.5, 0.6) is 0 Å². The molecule has 0 aromatic carbocycles. The van der Waals surface area contributed by atoms with E-state index >= 15 is 0 Å². The van der Waals surface area contributed by atoms with Crippen LogP contribution < -0.4 is 5.32 Å². The number of nitrogens with one attached hydrogen (secondary N) is 1. The molecule has 1 amide bonds. The summed E-state index contributed by atoms with van der Waals surface area (Å²) in [5.74, 6) is -2.41. The lowest BCUT2D eigenvalue weighted by Gasteiger charge is -2.18. The number of carbonyl (C=O) groups excluding carboxylic acids is 2. The molecule has 0 aliphatic rings. The number of phosphoric acid groups is 1. The molecule has 0 saturated carbocycles. The first-order chi connectivity index (χ1) is 25.6. The van der Waals surface area contributed by atoms with Crippen molar-refractivity contribution in [2.75, 3.05) is 19.8 Å². The Morgan fingerprint density at radius 3 is 1.66 bits per heavy atom. The van der Waals surface area contributed by atoms with E-state index in [1.54, 1.807) is 0 Å². The van der Waals surface area contributed by atoms with Crippen molar-refractivity contribution in [1.29, 1.82) is 0 Å². The number of hydrogen-bond acceptors (Lipinski definition) is 8. The fraction of sp³-hybridized carbons (Fsp3) is 0.732. The molecule has 53 heavy (non-hydrogen) atoms. The van der Waals surface area contributed by atoms with Gasteiger partial charge in [0.2, 0.25) is 5.91 Å². The van der Waals surface area contributed by atoms with Gasteiger partial charge in [-0.3, -0.25) is 18.6 Å². The molecular weight excluding hydrogens is 697 g/mol. The number of carboxylic acids is 1. The zero-order chi connectivity index (χ0) is 39.3. The van der Waals surface area contributed by atoms with Crippen LogP contribution in [0.4, 0.5) is 0 Å². The highest BCUT2D eigenvalue weighted by Crippen LogP contribution is 2.43. The van der Waals surface area contributed by atoms with Gasteiger partial charge < -0.3 is 25.2 Å². The van der Waals surface area contributed by atoms with E-state index in [9.17, 15) is 34.1 Å². The first kappa shape index (κ1) is 50.4. The van der Waals surface area contributed by atoms with Gasteiger partial charge >= 0.3 is 19.8 Å². The number of amides is 1. The number of aliphatic hydroxyl groups excluding tert-OH is 1. The summed E-state index contributed by atoms with van der Waals surface area (Å²) in [6.45, 7) is 2.43. The highest BCUT2D eigenvalue weighted by atomic mass is 31.2. The predicted molar refractivity (Wildman–Crippen MR) is 212 cm³/mol. The third-order valence-corrected chi connectivity index (χ3v) is 9.30. The quantitative estimate of drug-likeness (QED) is 0.0207. The molecule has 0 aromatic rings. The van der Waals surface area contributed by atoms with Crippen molar-refractivity contribution in [3.05, 3.63) is 48.6 Å². The van der Waals surface area contributed by atoms with Gasteiger partial charge in [-0.2, -0.15) is 0 Å². The minimum absolute atomic E-state index is 0.124. The fourth-order valence-electron chi connectivity index (χ4n) is 5.20. The molecule has 0 fully saturated rings. The molecule has 11 nitrogen and oxygen atoms in total. The van der Waals surface area contributed by atoms with Crippen LogP contribution in [0.25, 0.3) is 0 Å². The number of esters is 1. The Morgan fingerprint density at radius 2 is 1.09 bits per heavy atom. The zero-order valence-corrected chi connectivity index (χ0v) is 33.7. The van der Waals surface area contributed by atoms with Crippen molar-refractivity contribution in [2.24, 2.45) is 0 Å². The summed E-state index contributed by atoms with van der Waals surface area (Å²) in [6.07, 6.45) is 38.5. The SMILES string of the molecule is CC/C=C\C/C=C\C/C=C\CCCCCCCC(=O)NC(COP(=O)(O)OCC(O)COC(=O)CCCCCCC/C=C\CCCCCCC)C(=O)O. The second-order valence-corrected chi connectivity index (χ2v) is 14.9. The van der Waals surface area contributed by atoms with E-state index < -0.39 is 57.6 Å². The van der Waals surface area contributed by atoms with E-state index in [2.05, 4.69) is 67.8 Å². The lowest BCUT2D eigenvalue weighted by Crippen LogP contribution is -2.43. The van der Waals surface area contributed by atoms with Crippen LogP contribution in [0.2, 0.25) is 0 Å². The fourth-order valence-corrected chi connectivity index (χ4v) is 5.98. The third kappa shape index (κ3) is 36.2. The van der Waals surface area contributed by atoms with Crippen molar-refractivity contribution in [3.8, 4) is 0 Å². The lowest BCUT2D eigenvalue weighted by molar-refractivity contribution is -0.147. The molecule has 0 aliphatic carbocycles. The highest BCUT2D eigenvalue weighted by molar-refractivity contribution is 7.47. The number of unbranched alkanes of at least 4 members (excludes halogenated alkanes) is 15. The summed E-state index contributed by atoms with van der Waals surface area (Å²) in [5, 5.41) is 21.8. The third-order valence-electron chi connectivity index (χ3n) is 8.35. The molecule has 3 unspecified atom stereocenters. The van der Waals surface area contributed by atoms with Gasteiger partial charge in [0.15, 0.2) is 6.04 Å². The van der Waals surface area contributed by atoms with Crippen LogP contribution in [0.1, 0.15) is 162 Å². The maximum Gasteiger partial charge on any atom is 0.472 e. The van der Waals surface area contributed by atoms with Gasteiger partial charge in [-0.1, -0.05) is 127 Å². The van der Waals surface area contributed by atoms with E-state index in [1.165, 1.54) is 32.1 Å². The van der Waals surface area contributed by atoms with Crippen molar-refractivity contribution in [2.45, 2.75) is 174 Å². The van der Waals surface area contributed by atoms with Crippen molar-refractivity contribution in [1.82, 2.24) is 5.32 Å². The van der Waals surface area contributed by atoms with Gasteiger partial charge in [-0.25, -0.2) is 9.36 Å². The molecule has 0 rings (SSSR count). The molecule has 0 saturated heterocycles. The van der Waals surface area contributed by atoms with Crippen molar-refractivity contribution < 1.29 is 47.8 Å². The number of hydrogen-bond donors (Lipinski definition) is 4. The first-order valence-corrected chi connectivity index (χ1v) is 21.7. The molecular formula is C41H72NO10P. The molecule has 0 heterocycles. The molecule has 0 bridgehead atoms. The molecule has 0 aromatic heterocycles. The van der Waals surface area contributed by atoms with Crippen LogP contribution in [0.3, 0.4) is 0 Å². The molecule has 0 aliphatic heterocycles. The monoisotopic (exact) mass is 769 g/mol. The summed E-state index contributed by atoms with van der Waals surface area (Å²) < 4.78 is 26.7. The number of allylic oxidation sites excluding steroid dienone is 8. The second-order valence-electron chi connectivity index (χ2n) is 13.4. The van der Waals surface area contributed by atoms with Gasteiger partial charge in [0, 0.05) is 12.8 Å². The van der Waals surface area contributed by atoms with Crippen molar-refractivity contribution in [3.63, 3.8) is 0 Å². The molecule has 4 N–H and O–H groups in total. The maximum absolute atomic E-state index is 12.3. The van der Waals surface area contributed by atoms with E-state index in [0.717, 1.165) is 89.9 Å². The van der Waals surface area contributed by atoms with Gasteiger partial charge in [0.25, 0.3) is 0 Å². The van der Waals surface area contributed by atoms with Crippen LogP contribution in [-0.2, 0) is 32.7 Å². The smallest absolute Gasteiger partial charge is 0.472 e. The van der Waals surface area contributed by atoms with Crippen LogP contribution in [0.15, 0.2) is 48.6 Å². The molecule has 0 radical (unpaired) electrons. The number of aliphatic hydroxyl groups is 1. The van der Waals surface area contributed by atoms with Gasteiger partial charge in [0.05, 0.1) is 13.2 Å². The van der Waals surface area contributed by atoms with Gasteiger partial charge in [0.1, 0.15) is 12.7 Å². The predicted octanol–water partition coefficient (Wildman–Crippen LogP) is 9.83. The Morgan fingerprint density at radius 1 is 0.623 bits per heavy atom. The molecule has 306 valence electrons. The number of carboxylic acid groups (broad SMARTS) is 1. The number of phosphoric ester groups is 1. The minimum Gasteiger partial charge on any atom is -0.480 e. The zero-order valence-electron chi connectivity index (χ0n) is 32.8. The minimum atomic E-state index is -4.76. The Kier molecular flexibility index (Phi) is 34.7. The second kappa shape index (κ2) is 36.4. The molecule has 0 spiro atoms. The number of ether oxygens (including phenoxy) is 1. The number of aliphatic carboxylic acids is 1. The normalized spacial score (nSPS) is 14.3. The Labute approximate surface area is 320 Å². The first-order valence-electron chi connectivity index (χ1n) is 20.2. The lowest BCUT2D eigenvalue weighted by atomic mass is 10.1. The number of rotatable bonds is 37. The molecule has 12 heteroatoms. The Balaban J connectivity index is 3.98. The summed E-state index contributed by atoms with van der Waals surface area (Å²) in [7, 11) is -4.76. The number of carbonyl (C=O) groups is 3. The van der Waals surface area contributed by atoms with E-state index in [4.69, 9.17) is 13.8 Å². The van der Waals surface area contributed by atoms with E-state index in [-0.39, 0.29) is 12.8 Å².